The second kappa shape index (κ2) is 5.79. The summed E-state index contributed by atoms with van der Waals surface area (Å²) in [5.74, 6) is 0.386. The fraction of sp³-hybridized carbons (Fsp3) is 0.600. The van der Waals surface area contributed by atoms with E-state index in [0.717, 1.165) is 26.1 Å². The Labute approximate surface area is 114 Å². The van der Waals surface area contributed by atoms with Gasteiger partial charge in [-0.05, 0) is 46.1 Å². The van der Waals surface area contributed by atoms with Crippen molar-refractivity contribution in [1.82, 2.24) is 4.72 Å². The minimum atomic E-state index is -3.37. The fourth-order valence-electron chi connectivity index (χ4n) is 1.72. The van der Waals surface area contributed by atoms with Gasteiger partial charge in [-0.15, -0.1) is 11.3 Å². The van der Waals surface area contributed by atoms with Crippen LogP contribution in [0.2, 0.25) is 0 Å². The molecular formula is C10H14BrNO3S2. The normalized spacial score (nSPS) is 18.4. The van der Waals surface area contributed by atoms with Gasteiger partial charge in [-0.2, -0.15) is 0 Å². The van der Waals surface area contributed by atoms with Crippen molar-refractivity contribution in [3.05, 3.63) is 15.9 Å². The summed E-state index contributed by atoms with van der Waals surface area (Å²) in [6.45, 7) is 1.96. The lowest BCUT2D eigenvalue weighted by Crippen LogP contribution is -2.31. The summed E-state index contributed by atoms with van der Waals surface area (Å²) in [4.78, 5) is 0. The highest BCUT2D eigenvalue weighted by molar-refractivity contribution is 9.10. The van der Waals surface area contributed by atoms with Crippen molar-refractivity contribution in [2.45, 2.75) is 17.1 Å². The third kappa shape index (κ3) is 3.51. The second-order valence-corrected chi connectivity index (χ2v) is 7.70. The van der Waals surface area contributed by atoms with E-state index in [1.54, 1.807) is 11.4 Å². The number of sulfonamides is 1. The number of hydrogen-bond donors (Lipinski definition) is 1. The summed E-state index contributed by atoms with van der Waals surface area (Å²) >= 11 is 4.46. The molecule has 0 aliphatic carbocycles. The molecule has 4 nitrogen and oxygen atoms in total. The summed E-state index contributed by atoms with van der Waals surface area (Å²) < 4.78 is 32.9. The molecule has 0 aromatic carbocycles. The Balaban J connectivity index is 1.96. The topological polar surface area (TPSA) is 55.4 Å². The zero-order valence-electron chi connectivity index (χ0n) is 9.19. The van der Waals surface area contributed by atoms with Crippen molar-refractivity contribution in [2.75, 3.05) is 19.8 Å². The van der Waals surface area contributed by atoms with Crippen molar-refractivity contribution in [1.29, 1.82) is 0 Å². The van der Waals surface area contributed by atoms with Crippen LogP contribution in [0.1, 0.15) is 12.8 Å². The Bertz CT molecular complexity index is 466. The number of nitrogens with one attached hydrogen (secondary N) is 1. The molecule has 0 radical (unpaired) electrons. The van der Waals surface area contributed by atoms with E-state index in [2.05, 4.69) is 20.7 Å². The molecule has 2 rings (SSSR count). The zero-order chi connectivity index (χ0) is 12.3. The van der Waals surface area contributed by atoms with Crippen LogP contribution in [0.4, 0.5) is 0 Å². The van der Waals surface area contributed by atoms with Crippen LogP contribution >= 0.6 is 27.3 Å². The Morgan fingerprint density at radius 1 is 1.47 bits per heavy atom. The third-order valence-electron chi connectivity index (χ3n) is 2.73. The molecule has 1 aromatic rings. The van der Waals surface area contributed by atoms with Crippen molar-refractivity contribution >= 4 is 37.3 Å². The molecule has 1 aliphatic heterocycles. The molecule has 0 spiro atoms. The van der Waals surface area contributed by atoms with Gasteiger partial charge in [0.1, 0.15) is 4.21 Å². The predicted octanol–water partition coefficient (Wildman–Crippen LogP) is 2.22. The minimum Gasteiger partial charge on any atom is -0.381 e. The summed E-state index contributed by atoms with van der Waals surface area (Å²) in [6.07, 6.45) is 1.85. The Kier molecular flexibility index (Phi) is 4.59. The molecule has 1 N–H and O–H groups in total. The zero-order valence-corrected chi connectivity index (χ0v) is 12.4. The van der Waals surface area contributed by atoms with Gasteiger partial charge in [-0.25, -0.2) is 13.1 Å². The van der Waals surface area contributed by atoms with Crippen LogP contribution in [-0.2, 0) is 14.8 Å². The van der Waals surface area contributed by atoms with Gasteiger partial charge in [0.15, 0.2) is 0 Å². The summed E-state index contributed by atoms with van der Waals surface area (Å²) in [5.41, 5.74) is 0. The van der Waals surface area contributed by atoms with E-state index in [1.165, 1.54) is 11.3 Å². The van der Waals surface area contributed by atoms with Crippen LogP contribution in [0.25, 0.3) is 0 Å². The van der Waals surface area contributed by atoms with Crippen molar-refractivity contribution in [3.8, 4) is 0 Å². The van der Waals surface area contributed by atoms with E-state index in [0.29, 0.717) is 21.1 Å². The standard InChI is InChI=1S/C10H14BrNO3S2/c11-9-3-6-16-10(9)17(13,14)12-7-8-1-4-15-5-2-8/h3,6,8,12H,1-2,4-5,7H2. The van der Waals surface area contributed by atoms with Crippen LogP contribution in [0.15, 0.2) is 20.1 Å². The first-order chi connectivity index (χ1) is 8.09. The van der Waals surface area contributed by atoms with Gasteiger partial charge < -0.3 is 4.74 Å². The van der Waals surface area contributed by atoms with Gasteiger partial charge in [-0.3, -0.25) is 0 Å². The summed E-state index contributed by atoms with van der Waals surface area (Å²) in [5, 5.41) is 1.76. The average Bonchev–Trinajstić information content (AvgIpc) is 2.75. The van der Waals surface area contributed by atoms with Crippen molar-refractivity contribution in [3.63, 3.8) is 0 Å². The van der Waals surface area contributed by atoms with E-state index in [1.807, 2.05) is 0 Å². The second-order valence-electron chi connectivity index (χ2n) is 3.96. The van der Waals surface area contributed by atoms with Crippen molar-refractivity contribution in [2.24, 2.45) is 5.92 Å². The molecule has 1 saturated heterocycles. The molecule has 0 bridgehead atoms. The number of halogens is 1. The third-order valence-corrected chi connectivity index (χ3v) is 6.83. The van der Waals surface area contributed by atoms with Crippen LogP contribution < -0.4 is 4.72 Å². The maximum Gasteiger partial charge on any atom is 0.251 e. The SMILES string of the molecule is O=S(=O)(NCC1CCOCC1)c1sccc1Br. The molecular weight excluding hydrogens is 326 g/mol. The van der Waals surface area contributed by atoms with Gasteiger partial charge >= 0.3 is 0 Å². The van der Waals surface area contributed by atoms with E-state index in [4.69, 9.17) is 4.74 Å². The van der Waals surface area contributed by atoms with Crippen LogP contribution in [0, 0.1) is 5.92 Å². The van der Waals surface area contributed by atoms with E-state index < -0.39 is 10.0 Å². The van der Waals surface area contributed by atoms with Gasteiger partial charge in [0, 0.05) is 24.2 Å². The van der Waals surface area contributed by atoms with Crippen molar-refractivity contribution < 1.29 is 13.2 Å². The van der Waals surface area contributed by atoms with E-state index >= 15 is 0 Å². The molecule has 2 heterocycles. The smallest absolute Gasteiger partial charge is 0.251 e. The fourth-order valence-corrected chi connectivity index (χ4v) is 5.21. The van der Waals surface area contributed by atoms with Crippen LogP contribution in [-0.4, -0.2) is 28.2 Å². The summed E-state index contributed by atoms with van der Waals surface area (Å²) in [6, 6.07) is 1.74. The number of rotatable bonds is 4. The minimum absolute atomic E-state index is 0.351. The monoisotopic (exact) mass is 339 g/mol. The molecule has 1 aliphatic rings. The summed E-state index contributed by atoms with van der Waals surface area (Å²) in [7, 11) is -3.37. The number of thiophene rings is 1. The first-order valence-electron chi connectivity index (χ1n) is 5.40. The van der Waals surface area contributed by atoms with Crippen LogP contribution in [0.5, 0.6) is 0 Å². The largest absolute Gasteiger partial charge is 0.381 e. The molecule has 0 saturated carbocycles. The molecule has 0 amide bonds. The highest BCUT2D eigenvalue weighted by Gasteiger charge is 2.21. The first-order valence-corrected chi connectivity index (χ1v) is 8.55. The molecule has 1 fully saturated rings. The molecule has 1 aromatic heterocycles. The average molecular weight is 340 g/mol. The lowest BCUT2D eigenvalue weighted by atomic mass is 10.0. The van der Waals surface area contributed by atoms with Gasteiger partial charge in [0.25, 0.3) is 10.0 Å². The Morgan fingerprint density at radius 3 is 2.76 bits per heavy atom. The van der Waals surface area contributed by atoms with Gasteiger partial charge in [0.2, 0.25) is 0 Å². The predicted molar refractivity (Wildman–Crippen MR) is 70.8 cm³/mol. The molecule has 7 heteroatoms. The molecule has 0 atom stereocenters. The molecule has 96 valence electrons. The maximum absolute atomic E-state index is 12.0. The quantitative estimate of drug-likeness (QED) is 0.914. The highest BCUT2D eigenvalue weighted by Crippen LogP contribution is 2.27. The van der Waals surface area contributed by atoms with Crippen LogP contribution in [0.3, 0.4) is 0 Å². The van der Waals surface area contributed by atoms with E-state index in [9.17, 15) is 8.42 Å². The lowest BCUT2D eigenvalue weighted by Gasteiger charge is -2.21. The Hall–Kier alpha value is 0.0500. The molecule has 17 heavy (non-hydrogen) atoms. The maximum atomic E-state index is 12.0. The Morgan fingerprint density at radius 2 is 2.18 bits per heavy atom. The lowest BCUT2D eigenvalue weighted by molar-refractivity contribution is 0.0678. The van der Waals surface area contributed by atoms with E-state index in [-0.39, 0.29) is 0 Å². The van der Waals surface area contributed by atoms with Gasteiger partial charge in [-0.1, -0.05) is 0 Å². The highest BCUT2D eigenvalue weighted by atomic mass is 79.9. The number of ether oxygens (including phenoxy) is 1. The number of hydrogen-bond acceptors (Lipinski definition) is 4. The van der Waals surface area contributed by atoms with Gasteiger partial charge in [0.05, 0.1) is 0 Å². The first kappa shape index (κ1) is 13.5. The molecule has 0 unspecified atom stereocenters.